The lowest BCUT2D eigenvalue weighted by atomic mass is 10.1. The van der Waals surface area contributed by atoms with Crippen LogP contribution in [0, 0.1) is 6.92 Å². The van der Waals surface area contributed by atoms with Gasteiger partial charge in [0.2, 0.25) is 5.95 Å². The van der Waals surface area contributed by atoms with Crippen molar-refractivity contribution in [3.05, 3.63) is 52.0 Å². The Morgan fingerprint density at radius 1 is 1.20 bits per heavy atom. The summed E-state index contributed by atoms with van der Waals surface area (Å²) in [6.07, 6.45) is 0.934. The van der Waals surface area contributed by atoms with E-state index in [4.69, 9.17) is 11.6 Å². The van der Waals surface area contributed by atoms with E-state index in [1.807, 2.05) is 31.2 Å². The summed E-state index contributed by atoms with van der Waals surface area (Å²) in [7, 11) is 0. The van der Waals surface area contributed by atoms with Crippen LogP contribution in [0.5, 0.6) is 0 Å². The third-order valence-corrected chi connectivity index (χ3v) is 4.24. The summed E-state index contributed by atoms with van der Waals surface area (Å²) in [5.41, 5.74) is 1.29. The van der Waals surface area contributed by atoms with Gasteiger partial charge in [-0.15, -0.1) is 11.3 Å². The van der Waals surface area contributed by atoms with Gasteiger partial charge in [-0.2, -0.15) is 0 Å². The molecule has 20 heavy (non-hydrogen) atoms. The molecule has 0 amide bonds. The Bertz CT molecular complexity index is 725. The number of aryl methyl sites for hydroxylation is 1. The summed E-state index contributed by atoms with van der Waals surface area (Å²) < 4.78 is 0. The van der Waals surface area contributed by atoms with Gasteiger partial charge in [-0.25, -0.2) is 9.97 Å². The maximum absolute atomic E-state index is 6.19. The number of hydrogen-bond acceptors (Lipinski definition) is 4. The molecule has 3 rings (SSSR count). The Balaban J connectivity index is 1.71. The number of nitrogens with zero attached hydrogens (tertiary/aromatic N) is 2. The molecule has 0 aliphatic rings. The predicted octanol–water partition coefficient (Wildman–Crippen LogP) is 4.31. The smallest absolute Gasteiger partial charge is 0.225 e. The van der Waals surface area contributed by atoms with Gasteiger partial charge in [0.15, 0.2) is 0 Å². The standard InChI is InChI=1S/C15H14ClN3S/c1-10-9-12-13(16)18-15(19-14(12)20-10)17-8-7-11-5-3-2-4-6-11/h2-6,9H,7-8H2,1H3,(H,17,18,19). The normalized spacial score (nSPS) is 10.9. The van der Waals surface area contributed by atoms with Crippen molar-refractivity contribution in [2.75, 3.05) is 11.9 Å². The van der Waals surface area contributed by atoms with Crippen molar-refractivity contribution in [3.63, 3.8) is 0 Å². The van der Waals surface area contributed by atoms with E-state index in [1.165, 1.54) is 10.4 Å². The van der Waals surface area contributed by atoms with E-state index < -0.39 is 0 Å². The van der Waals surface area contributed by atoms with E-state index in [1.54, 1.807) is 11.3 Å². The zero-order valence-corrected chi connectivity index (χ0v) is 12.6. The molecule has 0 saturated heterocycles. The number of thiophene rings is 1. The molecular weight excluding hydrogens is 290 g/mol. The molecule has 1 aromatic carbocycles. The second-order valence-electron chi connectivity index (χ2n) is 4.58. The molecule has 0 spiro atoms. The molecule has 0 atom stereocenters. The number of halogens is 1. The van der Waals surface area contributed by atoms with Crippen molar-refractivity contribution in [1.82, 2.24) is 9.97 Å². The van der Waals surface area contributed by atoms with Gasteiger partial charge in [0.1, 0.15) is 9.98 Å². The van der Waals surface area contributed by atoms with Gasteiger partial charge < -0.3 is 5.32 Å². The number of aromatic nitrogens is 2. The molecule has 0 saturated carbocycles. The zero-order valence-electron chi connectivity index (χ0n) is 11.1. The summed E-state index contributed by atoms with van der Waals surface area (Å²) >= 11 is 7.82. The molecule has 1 N–H and O–H groups in total. The van der Waals surface area contributed by atoms with Gasteiger partial charge in [-0.3, -0.25) is 0 Å². The molecule has 5 heteroatoms. The first-order valence-corrected chi connectivity index (χ1v) is 7.63. The van der Waals surface area contributed by atoms with Gasteiger partial charge in [-0.05, 0) is 25.0 Å². The maximum Gasteiger partial charge on any atom is 0.225 e. The Morgan fingerprint density at radius 2 is 2.00 bits per heavy atom. The van der Waals surface area contributed by atoms with Gasteiger partial charge in [0.25, 0.3) is 0 Å². The van der Waals surface area contributed by atoms with Crippen LogP contribution in [0.25, 0.3) is 10.2 Å². The van der Waals surface area contributed by atoms with Crippen molar-refractivity contribution in [3.8, 4) is 0 Å². The minimum Gasteiger partial charge on any atom is -0.354 e. The lowest BCUT2D eigenvalue weighted by molar-refractivity contribution is 0.992. The van der Waals surface area contributed by atoms with E-state index >= 15 is 0 Å². The lowest BCUT2D eigenvalue weighted by Gasteiger charge is -2.05. The van der Waals surface area contributed by atoms with Gasteiger partial charge in [0.05, 0.1) is 0 Å². The first-order chi connectivity index (χ1) is 9.72. The molecule has 2 heterocycles. The number of anilines is 1. The van der Waals surface area contributed by atoms with Crippen LogP contribution in [-0.4, -0.2) is 16.5 Å². The SMILES string of the molecule is Cc1cc2c(Cl)nc(NCCc3ccccc3)nc2s1. The van der Waals surface area contributed by atoms with E-state index in [9.17, 15) is 0 Å². The summed E-state index contributed by atoms with van der Waals surface area (Å²) in [5, 5.41) is 4.68. The summed E-state index contributed by atoms with van der Waals surface area (Å²) in [6, 6.07) is 12.4. The highest BCUT2D eigenvalue weighted by molar-refractivity contribution is 7.18. The van der Waals surface area contributed by atoms with E-state index in [0.29, 0.717) is 11.1 Å². The Hall–Kier alpha value is -1.65. The summed E-state index contributed by atoms with van der Waals surface area (Å²) in [4.78, 5) is 10.9. The van der Waals surface area contributed by atoms with Crippen LogP contribution in [0.1, 0.15) is 10.4 Å². The number of nitrogens with one attached hydrogen (secondary N) is 1. The molecule has 0 aliphatic carbocycles. The van der Waals surface area contributed by atoms with Crippen LogP contribution in [0.15, 0.2) is 36.4 Å². The fraction of sp³-hybridized carbons (Fsp3) is 0.200. The molecule has 0 aliphatic heterocycles. The van der Waals surface area contributed by atoms with Crippen LogP contribution in [0.2, 0.25) is 5.15 Å². The van der Waals surface area contributed by atoms with E-state index in [2.05, 4.69) is 27.4 Å². The molecule has 2 aromatic heterocycles. The zero-order chi connectivity index (χ0) is 13.9. The summed E-state index contributed by atoms with van der Waals surface area (Å²) in [6.45, 7) is 2.83. The first-order valence-electron chi connectivity index (χ1n) is 6.44. The minimum atomic E-state index is 0.515. The summed E-state index contributed by atoms with van der Waals surface area (Å²) in [5.74, 6) is 0.597. The maximum atomic E-state index is 6.19. The average Bonchev–Trinajstić information content (AvgIpc) is 2.81. The van der Waals surface area contributed by atoms with E-state index in [-0.39, 0.29) is 0 Å². The highest BCUT2D eigenvalue weighted by Gasteiger charge is 2.08. The van der Waals surface area contributed by atoms with Gasteiger partial charge >= 0.3 is 0 Å². The molecule has 0 bridgehead atoms. The van der Waals surface area contributed by atoms with Crippen molar-refractivity contribution in [2.24, 2.45) is 0 Å². The van der Waals surface area contributed by atoms with Crippen LogP contribution in [0.4, 0.5) is 5.95 Å². The quantitative estimate of drug-likeness (QED) is 0.730. The number of benzene rings is 1. The van der Waals surface area contributed by atoms with Crippen LogP contribution in [0.3, 0.4) is 0 Å². The van der Waals surface area contributed by atoms with Crippen molar-refractivity contribution in [2.45, 2.75) is 13.3 Å². The lowest BCUT2D eigenvalue weighted by Crippen LogP contribution is -2.07. The second kappa shape index (κ2) is 5.77. The molecule has 102 valence electrons. The monoisotopic (exact) mass is 303 g/mol. The second-order valence-corrected chi connectivity index (χ2v) is 6.17. The number of rotatable bonds is 4. The minimum absolute atomic E-state index is 0.515. The Kier molecular flexibility index (Phi) is 3.85. The average molecular weight is 304 g/mol. The fourth-order valence-corrected chi connectivity index (χ4v) is 3.21. The topological polar surface area (TPSA) is 37.8 Å². The molecule has 0 fully saturated rings. The van der Waals surface area contributed by atoms with Crippen LogP contribution in [-0.2, 0) is 6.42 Å². The first kappa shape index (κ1) is 13.3. The largest absolute Gasteiger partial charge is 0.354 e. The molecule has 3 nitrogen and oxygen atoms in total. The Labute approximate surface area is 126 Å². The molecule has 0 radical (unpaired) electrons. The third-order valence-electron chi connectivity index (χ3n) is 3.01. The molecule has 3 aromatic rings. The van der Waals surface area contributed by atoms with Crippen molar-refractivity contribution in [1.29, 1.82) is 0 Å². The predicted molar refractivity (Wildman–Crippen MR) is 85.8 cm³/mol. The van der Waals surface area contributed by atoms with Crippen molar-refractivity contribution < 1.29 is 0 Å². The third kappa shape index (κ3) is 2.92. The highest BCUT2D eigenvalue weighted by atomic mass is 35.5. The van der Waals surface area contributed by atoms with Gasteiger partial charge in [0, 0.05) is 16.8 Å². The van der Waals surface area contributed by atoms with E-state index in [0.717, 1.165) is 23.2 Å². The number of fused-ring (bicyclic) bond motifs is 1. The van der Waals surface area contributed by atoms with Crippen LogP contribution >= 0.6 is 22.9 Å². The molecule has 0 unspecified atom stereocenters. The molecular formula is C15H14ClN3S. The fourth-order valence-electron chi connectivity index (χ4n) is 2.05. The van der Waals surface area contributed by atoms with Crippen LogP contribution < -0.4 is 5.32 Å². The highest BCUT2D eigenvalue weighted by Crippen LogP contribution is 2.29. The Morgan fingerprint density at radius 3 is 2.80 bits per heavy atom. The van der Waals surface area contributed by atoms with Crippen molar-refractivity contribution >= 4 is 39.1 Å². The van der Waals surface area contributed by atoms with Gasteiger partial charge in [-0.1, -0.05) is 41.9 Å². The number of hydrogen-bond donors (Lipinski definition) is 1.